The number of pyridine rings is 1. The standard InChI is InChI=1S/C22H27N3O/c1-2-5-17(6-3-1)10-22-11-18(22)14-25(16-22)20-9-21(13-23-12-20)26-15-19-7-4-8-24-19/h1-3,5-6,9,12-13,18-19,24H,4,7-8,10-11,14-16H2/t18-,19-,22+/m0/s1. The summed E-state index contributed by atoms with van der Waals surface area (Å²) in [5.74, 6) is 1.73. The molecule has 1 aromatic heterocycles. The van der Waals surface area contributed by atoms with Crippen LogP contribution >= 0.6 is 0 Å². The molecule has 5 rings (SSSR count). The van der Waals surface area contributed by atoms with Gasteiger partial charge in [0.25, 0.3) is 0 Å². The Balaban J connectivity index is 1.23. The van der Waals surface area contributed by atoms with Crippen LogP contribution in [0.25, 0.3) is 0 Å². The zero-order chi connectivity index (χ0) is 17.4. The smallest absolute Gasteiger partial charge is 0.139 e. The number of ether oxygens (including phenoxy) is 1. The van der Waals surface area contributed by atoms with Crippen molar-refractivity contribution in [1.82, 2.24) is 10.3 Å². The second-order valence-electron chi connectivity index (χ2n) is 8.29. The third-order valence-electron chi connectivity index (χ3n) is 6.38. The number of nitrogens with one attached hydrogen (secondary N) is 1. The number of benzene rings is 1. The summed E-state index contributed by atoms with van der Waals surface area (Å²) in [4.78, 5) is 6.94. The number of anilines is 1. The van der Waals surface area contributed by atoms with Crippen LogP contribution in [0.2, 0.25) is 0 Å². The summed E-state index contributed by atoms with van der Waals surface area (Å²) >= 11 is 0. The summed E-state index contributed by atoms with van der Waals surface area (Å²) in [6, 6.07) is 13.6. The van der Waals surface area contributed by atoms with Crippen LogP contribution in [0.15, 0.2) is 48.8 Å². The van der Waals surface area contributed by atoms with Crippen LogP contribution in [0.4, 0.5) is 5.69 Å². The molecule has 136 valence electrons. The predicted molar refractivity (Wildman–Crippen MR) is 104 cm³/mol. The van der Waals surface area contributed by atoms with E-state index in [0.717, 1.165) is 37.9 Å². The van der Waals surface area contributed by atoms with Crippen LogP contribution < -0.4 is 15.0 Å². The van der Waals surface area contributed by atoms with E-state index in [9.17, 15) is 0 Å². The summed E-state index contributed by atoms with van der Waals surface area (Å²) in [6.07, 6.45) is 8.87. The molecule has 2 aromatic rings. The third kappa shape index (κ3) is 3.18. The average molecular weight is 349 g/mol. The van der Waals surface area contributed by atoms with E-state index in [1.54, 1.807) is 0 Å². The maximum Gasteiger partial charge on any atom is 0.139 e. The number of hydrogen-bond donors (Lipinski definition) is 1. The predicted octanol–water partition coefficient (Wildman–Crippen LogP) is 3.28. The quantitative estimate of drug-likeness (QED) is 0.868. The number of nitrogens with zero attached hydrogens (tertiary/aromatic N) is 2. The van der Waals surface area contributed by atoms with E-state index in [2.05, 4.69) is 51.6 Å². The molecule has 3 aliphatic rings. The van der Waals surface area contributed by atoms with Crippen LogP contribution in [0, 0.1) is 11.3 Å². The Morgan fingerprint density at radius 2 is 2.15 bits per heavy atom. The van der Waals surface area contributed by atoms with Crippen molar-refractivity contribution in [2.45, 2.75) is 31.7 Å². The number of aromatic nitrogens is 1. The SMILES string of the molecule is c1ccc(C[C@]23C[C@H]2CN(c2cncc(OC[C@@H]4CCCN4)c2)C3)cc1. The Kier molecular flexibility index (Phi) is 4.08. The van der Waals surface area contributed by atoms with Gasteiger partial charge in [-0.25, -0.2) is 0 Å². The Hall–Kier alpha value is -2.07. The highest BCUT2D eigenvalue weighted by Crippen LogP contribution is 2.60. The molecule has 4 nitrogen and oxygen atoms in total. The number of fused-ring (bicyclic) bond motifs is 1. The maximum atomic E-state index is 6.00. The van der Waals surface area contributed by atoms with Crippen LogP contribution in [-0.4, -0.2) is 37.3 Å². The monoisotopic (exact) mass is 349 g/mol. The Labute approximate surface area is 155 Å². The Morgan fingerprint density at radius 1 is 1.23 bits per heavy atom. The summed E-state index contributed by atoms with van der Waals surface area (Å²) in [5, 5.41) is 3.48. The normalized spacial score (nSPS) is 29.6. The summed E-state index contributed by atoms with van der Waals surface area (Å²) < 4.78 is 6.00. The van der Waals surface area contributed by atoms with Gasteiger partial charge >= 0.3 is 0 Å². The van der Waals surface area contributed by atoms with Crippen molar-refractivity contribution in [3.63, 3.8) is 0 Å². The van der Waals surface area contributed by atoms with Crippen molar-refractivity contribution < 1.29 is 4.74 Å². The van der Waals surface area contributed by atoms with Crippen molar-refractivity contribution in [2.24, 2.45) is 11.3 Å². The largest absolute Gasteiger partial charge is 0.490 e. The van der Waals surface area contributed by atoms with Crippen molar-refractivity contribution in [2.75, 3.05) is 31.1 Å². The van der Waals surface area contributed by atoms with E-state index in [1.165, 1.54) is 36.9 Å². The van der Waals surface area contributed by atoms with Gasteiger partial charge in [-0.15, -0.1) is 0 Å². The molecule has 0 radical (unpaired) electrons. The number of hydrogen-bond acceptors (Lipinski definition) is 4. The van der Waals surface area contributed by atoms with Gasteiger partial charge in [0.1, 0.15) is 12.4 Å². The lowest BCUT2D eigenvalue weighted by Crippen LogP contribution is -2.28. The first-order valence-electron chi connectivity index (χ1n) is 9.91. The van der Waals surface area contributed by atoms with E-state index < -0.39 is 0 Å². The van der Waals surface area contributed by atoms with Crippen molar-refractivity contribution >= 4 is 5.69 Å². The molecule has 3 heterocycles. The zero-order valence-electron chi connectivity index (χ0n) is 15.2. The summed E-state index contributed by atoms with van der Waals surface area (Å²) in [7, 11) is 0. The number of piperidine rings is 1. The summed E-state index contributed by atoms with van der Waals surface area (Å²) in [6.45, 7) is 4.15. The van der Waals surface area contributed by atoms with Gasteiger partial charge in [0.05, 0.1) is 18.1 Å². The van der Waals surface area contributed by atoms with E-state index in [1.807, 2.05) is 12.4 Å². The fourth-order valence-corrected chi connectivity index (χ4v) is 4.82. The minimum Gasteiger partial charge on any atom is -0.490 e. The molecule has 2 saturated heterocycles. The van der Waals surface area contributed by atoms with Gasteiger partial charge in [-0.3, -0.25) is 4.98 Å². The minimum absolute atomic E-state index is 0.478. The van der Waals surface area contributed by atoms with Crippen LogP contribution in [0.5, 0.6) is 5.75 Å². The van der Waals surface area contributed by atoms with E-state index >= 15 is 0 Å². The highest BCUT2D eigenvalue weighted by molar-refractivity contribution is 5.51. The molecule has 3 atom stereocenters. The Morgan fingerprint density at radius 3 is 3.00 bits per heavy atom. The second-order valence-corrected chi connectivity index (χ2v) is 8.29. The number of rotatable bonds is 6. The molecule has 2 aliphatic heterocycles. The van der Waals surface area contributed by atoms with Gasteiger partial charge in [0, 0.05) is 25.2 Å². The molecule has 1 aliphatic carbocycles. The zero-order valence-corrected chi connectivity index (χ0v) is 15.2. The minimum atomic E-state index is 0.478. The lowest BCUT2D eigenvalue weighted by molar-refractivity contribution is 0.276. The molecule has 1 N–H and O–H groups in total. The fraction of sp³-hybridized carbons (Fsp3) is 0.500. The van der Waals surface area contributed by atoms with Gasteiger partial charge < -0.3 is 15.0 Å². The maximum absolute atomic E-state index is 6.00. The molecule has 0 bridgehead atoms. The van der Waals surface area contributed by atoms with Gasteiger partial charge in [-0.2, -0.15) is 0 Å². The van der Waals surface area contributed by atoms with Gasteiger partial charge in [-0.1, -0.05) is 30.3 Å². The molecule has 3 fully saturated rings. The van der Waals surface area contributed by atoms with Crippen LogP contribution in [0.3, 0.4) is 0 Å². The van der Waals surface area contributed by atoms with Crippen molar-refractivity contribution in [3.05, 3.63) is 54.4 Å². The van der Waals surface area contributed by atoms with E-state index in [4.69, 9.17) is 4.74 Å². The molecule has 4 heteroatoms. The highest BCUT2D eigenvalue weighted by atomic mass is 16.5. The lowest BCUT2D eigenvalue weighted by atomic mass is 9.96. The van der Waals surface area contributed by atoms with Gasteiger partial charge in [-0.05, 0) is 49.1 Å². The van der Waals surface area contributed by atoms with Crippen LogP contribution in [-0.2, 0) is 6.42 Å². The van der Waals surface area contributed by atoms with Crippen molar-refractivity contribution in [3.8, 4) is 5.75 Å². The molecule has 0 spiro atoms. The average Bonchev–Trinajstić information content (AvgIpc) is 3.05. The lowest BCUT2D eigenvalue weighted by Gasteiger charge is -2.23. The molecule has 0 amide bonds. The first-order chi connectivity index (χ1) is 12.8. The molecule has 1 saturated carbocycles. The highest BCUT2D eigenvalue weighted by Gasteiger charge is 2.59. The third-order valence-corrected chi connectivity index (χ3v) is 6.38. The first kappa shape index (κ1) is 16.1. The Bertz CT molecular complexity index is 759. The molecule has 26 heavy (non-hydrogen) atoms. The summed E-state index contributed by atoms with van der Waals surface area (Å²) in [5.41, 5.74) is 3.16. The van der Waals surface area contributed by atoms with Crippen LogP contribution in [0.1, 0.15) is 24.8 Å². The fourth-order valence-electron chi connectivity index (χ4n) is 4.82. The molecule has 1 aromatic carbocycles. The molecular formula is C22H27N3O. The van der Waals surface area contributed by atoms with Gasteiger partial charge in [0.2, 0.25) is 0 Å². The first-order valence-corrected chi connectivity index (χ1v) is 9.91. The molecule has 0 unspecified atom stereocenters. The van der Waals surface area contributed by atoms with E-state index in [-0.39, 0.29) is 0 Å². The second kappa shape index (κ2) is 6.58. The van der Waals surface area contributed by atoms with Gasteiger partial charge in [0.15, 0.2) is 0 Å². The molecular weight excluding hydrogens is 322 g/mol. The van der Waals surface area contributed by atoms with E-state index in [0.29, 0.717) is 11.5 Å². The topological polar surface area (TPSA) is 37.4 Å². The van der Waals surface area contributed by atoms with Crippen molar-refractivity contribution in [1.29, 1.82) is 0 Å².